The van der Waals surface area contributed by atoms with E-state index in [4.69, 9.17) is 23.4 Å². The number of methoxy groups -OCH3 is 2. The summed E-state index contributed by atoms with van der Waals surface area (Å²) < 4.78 is 26.9. The van der Waals surface area contributed by atoms with Crippen molar-refractivity contribution in [3.63, 3.8) is 0 Å². The molecule has 2 heterocycles. The van der Waals surface area contributed by atoms with Gasteiger partial charge in [-0.2, -0.15) is 0 Å². The van der Waals surface area contributed by atoms with E-state index >= 15 is 0 Å². The largest absolute Gasteiger partial charge is 0.506 e. The number of aromatic hydroxyl groups is 1. The first kappa shape index (κ1) is 23.8. The zero-order valence-corrected chi connectivity index (χ0v) is 19.6. The third kappa shape index (κ3) is 3.96. The summed E-state index contributed by atoms with van der Waals surface area (Å²) in [6.07, 6.45) is -0.179. The Hall–Kier alpha value is -4.34. The summed E-state index contributed by atoms with van der Waals surface area (Å²) in [5, 5.41) is 11.1. The maximum absolute atomic E-state index is 12.6. The van der Waals surface area contributed by atoms with Crippen LogP contribution in [0.15, 0.2) is 27.4 Å². The van der Waals surface area contributed by atoms with Gasteiger partial charge in [-0.15, -0.1) is 0 Å². The highest BCUT2D eigenvalue weighted by molar-refractivity contribution is 6.09. The van der Waals surface area contributed by atoms with E-state index in [1.807, 2.05) is 0 Å². The van der Waals surface area contributed by atoms with Crippen molar-refractivity contribution in [2.24, 2.45) is 0 Å². The zero-order chi connectivity index (χ0) is 25.6. The number of ketones is 1. The lowest BCUT2D eigenvalue weighted by molar-refractivity contribution is -0.135. The van der Waals surface area contributed by atoms with E-state index < -0.39 is 35.0 Å². The maximum atomic E-state index is 12.6. The second-order valence-electron chi connectivity index (χ2n) is 8.05. The van der Waals surface area contributed by atoms with Crippen LogP contribution in [-0.4, -0.2) is 37.0 Å². The Morgan fingerprint density at radius 3 is 2.23 bits per heavy atom. The molecule has 1 unspecified atom stereocenters. The molecule has 0 saturated heterocycles. The molecule has 1 N–H and O–H groups in total. The lowest BCUT2D eigenvalue weighted by atomic mass is 9.82. The van der Waals surface area contributed by atoms with Crippen molar-refractivity contribution in [1.29, 1.82) is 0 Å². The van der Waals surface area contributed by atoms with Crippen LogP contribution >= 0.6 is 0 Å². The third-order valence-electron chi connectivity index (χ3n) is 5.77. The van der Waals surface area contributed by atoms with Gasteiger partial charge in [-0.25, -0.2) is 4.79 Å². The smallest absolute Gasteiger partial charge is 0.336 e. The van der Waals surface area contributed by atoms with E-state index in [2.05, 4.69) is 0 Å². The van der Waals surface area contributed by atoms with Crippen LogP contribution in [0.25, 0.3) is 11.0 Å². The molecule has 1 atom stereocenters. The number of rotatable bonds is 5. The molecule has 0 aliphatic carbocycles. The first-order chi connectivity index (χ1) is 16.6. The van der Waals surface area contributed by atoms with Crippen LogP contribution in [0.4, 0.5) is 0 Å². The van der Waals surface area contributed by atoms with Crippen molar-refractivity contribution in [3.8, 4) is 28.7 Å². The van der Waals surface area contributed by atoms with Gasteiger partial charge in [0.15, 0.2) is 23.0 Å². The number of aryl methyl sites for hydroxylation is 1. The van der Waals surface area contributed by atoms with Crippen LogP contribution in [0.1, 0.15) is 53.2 Å². The highest BCUT2D eigenvalue weighted by Gasteiger charge is 2.38. The summed E-state index contributed by atoms with van der Waals surface area (Å²) in [6.45, 7) is 4.05. The zero-order valence-electron chi connectivity index (χ0n) is 19.6. The van der Waals surface area contributed by atoms with Gasteiger partial charge in [-0.05, 0) is 37.1 Å². The molecule has 0 fully saturated rings. The fourth-order valence-corrected chi connectivity index (χ4v) is 4.37. The summed E-state index contributed by atoms with van der Waals surface area (Å²) in [6, 6.07) is 4.30. The minimum atomic E-state index is -0.786. The fraction of sp³-hybridized carbons (Fsp3) is 0.280. The molecule has 10 heteroatoms. The number of Topliss-reactive ketones (excluding diaryl/α,β-unsaturated/α-hetero) is 1. The first-order valence-corrected chi connectivity index (χ1v) is 10.6. The van der Waals surface area contributed by atoms with E-state index in [9.17, 15) is 24.3 Å². The average Bonchev–Trinajstić information content (AvgIpc) is 2.77. The number of hydrogen-bond acceptors (Lipinski definition) is 10. The molecular formula is C25H22O10. The SMILES string of the molecule is COc1cc(C2CC(=O)Oc3c(C(C)=O)c(O)c4c(C)cc(=O)oc4c32)cc(OC)c1OC(C)=O. The van der Waals surface area contributed by atoms with Crippen LogP contribution in [-0.2, 0) is 9.59 Å². The van der Waals surface area contributed by atoms with E-state index in [1.54, 1.807) is 19.1 Å². The summed E-state index contributed by atoms with van der Waals surface area (Å²) in [4.78, 5) is 49.0. The van der Waals surface area contributed by atoms with E-state index in [0.29, 0.717) is 11.1 Å². The number of phenols is 1. The number of esters is 2. The molecule has 1 aliphatic heterocycles. The van der Waals surface area contributed by atoms with Crippen molar-refractivity contribution >= 4 is 28.7 Å². The average molecular weight is 482 g/mol. The van der Waals surface area contributed by atoms with Crippen molar-refractivity contribution < 1.29 is 42.9 Å². The Bertz CT molecular complexity index is 1440. The van der Waals surface area contributed by atoms with Gasteiger partial charge < -0.3 is 28.5 Å². The molecule has 3 aromatic rings. The molecule has 0 amide bonds. The Labute approximate surface area is 199 Å². The third-order valence-corrected chi connectivity index (χ3v) is 5.77. The monoisotopic (exact) mass is 482 g/mol. The molecule has 2 aromatic carbocycles. The Morgan fingerprint density at radius 2 is 1.69 bits per heavy atom. The minimum absolute atomic E-state index is 0.00741. The van der Waals surface area contributed by atoms with Gasteiger partial charge in [-0.3, -0.25) is 14.4 Å². The van der Waals surface area contributed by atoms with Gasteiger partial charge in [0.25, 0.3) is 0 Å². The number of fused-ring (bicyclic) bond motifs is 3. The van der Waals surface area contributed by atoms with E-state index in [0.717, 1.165) is 0 Å². The maximum Gasteiger partial charge on any atom is 0.336 e. The van der Waals surface area contributed by atoms with Gasteiger partial charge in [-0.1, -0.05) is 0 Å². The number of phenolic OH excluding ortho intramolecular Hbond substituents is 1. The Morgan fingerprint density at radius 1 is 1.06 bits per heavy atom. The molecule has 0 bridgehead atoms. The van der Waals surface area contributed by atoms with Gasteiger partial charge in [0.1, 0.15) is 16.9 Å². The second-order valence-corrected chi connectivity index (χ2v) is 8.05. The molecule has 1 aliphatic rings. The number of ether oxygens (including phenoxy) is 4. The van der Waals surface area contributed by atoms with Crippen molar-refractivity contribution in [2.45, 2.75) is 33.1 Å². The van der Waals surface area contributed by atoms with Crippen LogP contribution in [0.2, 0.25) is 0 Å². The molecule has 0 spiro atoms. The van der Waals surface area contributed by atoms with Gasteiger partial charge >= 0.3 is 17.6 Å². The summed E-state index contributed by atoms with van der Waals surface area (Å²) >= 11 is 0. The molecular weight excluding hydrogens is 460 g/mol. The van der Waals surface area contributed by atoms with Crippen molar-refractivity contribution in [3.05, 3.63) is 50.9 Å². The first-order valence-electron chi connectivity index (χ1n) is 10.6. The quantitative estimate of drug-likeness (QED) is 0.249. The van der Waals surface area contributed by atoms with Crippen molar-refractivity contribution in [2.75, 3.05) is 14.2 Å². The number of hydrogen-bond donors (Lipinski definition) is 1. The summed E-state index contributed by atoms with van der Waals surface area (Å²) in [7, 11) is 2.75. The lowest BCUT2D eigenvalue weighted by Gasteiger charge is -2.28. The standard InChI is InChI=1S/C25H22O10/c1-10-6-17(28)34-24-19(10)22(30)20(11(2)26)25-21(24)14(9-18(29)35-25)13-7-15(31-4)23(33-12(3)27)16(8-13)32-5/h6-8,14,30H,9H2,1-5H3. The normalized spacial score (nSPS) is 14.8. The molecule has 4 rings (SSSR count). The number of carbonyl (C=O) groups excluding carboxylic acids is 3. The molecule has 182 valence electrons. The highest BCUT2D eigenvalue weighted by Crippen LogP contribution is 2.51. The Balaban J connectivity index is 2.11. The number of carbonyl (C=O) groups is 3. The van der Waals surface area contributed by atoms with Crippen LogP contribution in [0.5, 0.6) is 28.7 Å². The summed E-state index contributed by atoms with van der Waals surface area (Å²) in [5.41, 5.74) is 0.217. The van der Waals surface area contributed by atoms with Crippen LogP contribution < -0.4 is 24.6 Å². The van der Waals surface area contributed by atoms with E-state index in [1.165, 1.54) is 34.1 Å². The molecule has 0 saturated carbocycles. The lowest BCUT2D eigenvalue weighted by Crippen LogP contribution is -2.24. The molecule has 35 heavy (non-hydrogen) atoms. The fourth-order valence-electron chi connectivity index (χ4n) is 4.37. The van der Waals surface area contributed by atoms with Gasteiger partial charge in [0.2, 0.25) is 5.75 Å². The van der Waals surface area contributed by atoms with Gasteiger partial charge in [0.05, 0.1) is 26.0 Å². The second kappa shape index (κ2) is 8.79. The highest BCUT2D eigenvalue weighted by atomic mass is 16.6. The molecule has 0 radical (unpaired) electrons. The predicted molar refractivity (Wildman–Crippen MR) is 122 cm³/mol. The topological polar surface area (TPSA) is 139 Å². The molecule has 10 nitrogen and oxygen atoms in total. The summed E-state index contributed by atoms with van der Waals surface area (Å²) in [5.74, 6) is -2.85. The van der Waals surface area contributed by atoms with Crippen molar-refractivity contribution in [1.82, 2.24) is 0 Å². The van der Waals surface area contributed by atoms with Crippen LogP contribution in [0.3, 0.4) is 0 Å². The minimum Gasteiger partial charge on any atom is -0.506 e. The van der Waals surface area contributed by atoms with E-state index in [-0.39, 0.29) is 51.5 Å². The van der Waals surface area contributed by atoms with Crippen LogP contribution in [0, 0.1) is 6.92 Å². The predicted octanol–water partition coefficient (Wildman–Crippen LogP) is 3.39. The number of benzene rings is 2. The van der Waals surface area contributed by atoms with Gasteiger partial charge in [0, 0.05) is 24.5 Å². The molecule has 1 aromatic heterocycles. The Kier molecular flexibility index (Phi) is 5.98.